The number of fused-ring (bicyclic) bond motifs is 1. The number of para-hydroxylation sites is 1. The summed E-state index contributed by atoms with van der Waals surface area (Å²) in [6.07, 6.45) is 1.22. The molecule has 2 aromatic carbocycles. The molecule has 24 heavy (non-hydrogen) atoms. The molecule has 0 saturated carbocycles. The summed E-state index contributed by atoms with van der Waals surface area (Å²) in [6, 6.07) is 13.8. The van der Waals surface area contributed by atoms with Crippen LogP contribution in [-0.4, -0.2) is 18.9 Å². The Hall–Kier alpha value is -2.25. The molecular formula is C17H18N2O4S. The maximum Gasteiger partial charge on any atom is 0.273 e. The molecule has 0 fully saturated rings. The fourth-order valence-electron chi connectivity index (χ4n) is 3.30. The van der Waals surface area contributed by atoms with E-state index in [-0.39, 0.29) is 11.3 Å². The van der Waals surface area contributed by atoms with E-state index in [1.54, 1.807) is 6.07 Å². The fourth-order valence-corrected chi connectivity index (χ4v) is 4.93. The Morgan fingerprint density at radius 1 is 1.08 bits per heavy atom. The van der Waals surface area contributed by atoms with Gasteiger partial charge in [0.2, 0.25) is 10.0 Å². The second kappa shape index (κ2) is 5.99. The van der Waals surface area contributed by atoms with Gasteiger partial charge < -0.3 is 0 Å². The molecule has 126 valence electrons. The highest BCUT2D eigenvalue weighted by Gasteiger charge is 2.36. The summed E-state index contributed by atoms with van der Waals surface area (Å²) in [5.74, 6) is -0.407. The topological polar surface area (TPSA) is 89.3 Å². The van der Waals surface area contributed by atoms with Gasteiger partial charge in [0.25, 0.3) is 5.69 Å². The number of benzene rings is 2. The van der Waals surface area contributed by atoms with Crippen LogP contribution in [-0.2, 0) is 28.6 Å². The van der Waals surface area contributed by atoms with Crippen molar-refractivity contribution in [3.63, 3.8) is 0 Å². The fraction of sp³-hybridized carbons (Fsp3) is 0.294. The lowest BCUT2D eigenvalue weighted by Crippen LogP contribution is -2.47. The van der Waals surface area contributed by atoms with Crippen LogP contribution in [0.3, 0.4) is 0 Å². The minimum atomic E-state index is -3.70. The van der Waals surface area contributed by atoms with Crippen molar-refractivity contribution >= 4 is 15.7 Å². The molecule has 1 N–H and O–H groups in total. The molecule has 0 atom stereocenters. The molecular weight excluding hydrogens is 328 g/mol. The van der Waals surface area contributed by atoms with Gasteiger partial charge in [-0.25, -0.2) is 13.1 Å². The summed E-state index contributed by atoms with van der Waals surface area (Å²) >= 11 is 0. The highest BCUT2D eigenvalue weighted by atomic mass is 32.2. The number of nitrogens with zero attached hydrogens (tertiary/aromatic N) is 1. The zero-order valence-electron chi connectivity index (χ0n) is 13.2. The van der Waals surface area contributed by atoms with Crippen molar-refractivity contribution in [2.24, 2.45) is 0 Å². The Balaban J connectivity index is 1.80. The van der Waals surface area contributed by atoms with Crippen molar-refractivity contribution in [2.75, 3.05) is 0 Å². The third kappa shape index (κ3) is 3.47. The van der Waals surface area contributed by atoms with Crippen LogP contribution < -0.4 is 4.72 Å². The summed E-state index contributed by atoms with van der Waals surface area (Å²) in [4.78, 5) is 10.5. The third-order valence-corrected chi connectivity index (χ3v) is 5.71. The minimum absolute atomic E-state index is 0.178. The van der Waals surface area contributed by atoms with Crippen LogP contribution in [0.4, 0.5) is 5.69 Å². The number of nitro benzene ring substituents is 1. The maximum absolute atomic E-state index is 12.6. The maximum atomic E-state index is 12.6. The summed E-state index contributed by atoms with van der Waals surface area (Å²) in [5.41, 5.74) is 1.67. The molecule has 7 heteroatoms. The molecule has 0 amide bonds. The van der Waals surface area contributed by atoms with Gasteiger partial charge >= 0.3 is 0 Å². The second-order valence-corrected chi connectivity index (χ2v) is 8.15. The molecule has 0 radical (unpaired) electrons. The molecule has 1 aliphatic carbocycles. The van der Waals surface area contributed by atoms with Crippen molar-refractivity contribution in [1.29, 1.82) is 0 Å². The first-order valence-corrected chi connectivity index (χ1v) is 9.24. The van der Waals surface area contributed by atoms with Crippen LogP contribution in [0.5, 0.6) is 0 Å². The number of rotatable bonds is 5. The zero-order chi connectivity index (χ0) is 17.4. The van der Waals surface area contributed by atoms with E-state index in [1.807, 2.05) is 31.2 Å². The minimum Gasteiger partial charge on any atom is -0.258 e. The zero-order valence-corrected chi connectivity index (χ0v) is 14.0. The average Bonchev–Trinajstić information content (AvgIpc) is 2.81. The Bertz CT molecular complexity index is 868. The van der Waals surface area contributed by atoms with Gasteiger partial charge in [-0.2, -0.15) is 0 Å². The van der Waals surface area contributed by atoms with Crippen molar-refractivity contribution in [2.45, 2.75) is 31.1 Å². The van der Waals surface area contributed by atoms with E-state index in [0.717, 1.165) is 11.1 Å². The van der Waals surface area contributed by atoms with Gasteiger partial charge in [-0.05, 0) is 30.9 Å². The highest BCUT2D eigenvalue weighted by Crippen LogP contribution is 2.31. The molecule has 6 nitrogen and oxygen atoms in total. The molecule has 0 unspecified atom stereocenters. The number of hydrogen-bond donors (Lipinski definition) is 1. The Labute approximate surface area is 140 Å². The average molecular weight is 346 g/mol. The lowest BCUT2D eigenvalue weighted by Gasteiger charge is -2.25. The van der Waals surface area contributed by atoms with E-state index in [9.17, 15) is 18.5 Å². The molecule has 3 rings (SSSR count). The van der Waals surface area contributed by atoms with E-state index in [1.165, 1.54) is 18.2 Å². The van der Waals surface area contributed by atoms with Crippen molar-refractivity contribution in [3.8, 4) is 0 Å². The normalized spacial score (nSPS) is 15.9. The van der Waals surface area contributed by atoms with E-state index in [2.05, 4.69) is 4.72 Å². The first kappa shape index (κ1) is 16.6. The van der Waals surface area contributed by atoms with E-state index < -0.39 is 26.2 Å². The number of sulfonamides is 1. The van der Waals surface area contributed by atoms with Crippen molar-refractivity contribution in [1.82, 2.24) is 4.72 Å². The van der Waals surface area contributed by atoms with Gasteiger partial charge in [-0.3, -0.25) is 10.1 Å². The van der Waals surface area contributed by atoms with Gasteiger partial charge in [-0.15, -0.1) is 0 Å². The number of nitro groups is 1. The summed E-state index contributed by atoms with van der Waals surface area (Å²) in [7, 11) is -3.70. The van der Waals surface area contributed by atoms with E-state index in [0.29, 0.717) is 12.8 Å². The van der Waals surface area contributed by atoms with Crippen molar-refractivity contribution < 1.29 is 13.3 Å². The predicted octanol–water partition coefficient (Wildman–Crippen LogP) is 2.57. The molecule has 0 aliphatic heterocycles. The van der Waals surface area contributed by atoms with Gasteiger partial charge in [0.1, 0.15) is 0 Å². The Morgan fingerprint density at radius 2 is 1.62 bits per heavy atom. The van der Waals surface area contributed by atoms with Gasteiger partial charge in [0.15, 0.2) is 0 Å². The predicted molar refractivity (Wildman–Crippen MR) is 91.1 cm³/mol. The van der Waals surface area contributed by atoms with Gasteiger partial charge in [-0.1, -0.05) is 42.5 Å². The van der Waals surface area contributed by atoms with Crippen LogP contribution in [0, 0.1) is 10.1 Å². The van der Waals surface area contributed by atoms with Crippen LogP contribution in [0.1, 0.15) is 23.6 Å². The van der Waals surface area contributed by atoms with Crippen LogP contribution in [0.15, 0.2) is 48.5 Å². The molecule has 1 aliphatic rings. The van der Waals surface area contributed by atoms with Crippen LogP contribution in [0.2, 0.25) is 0 Å². The summed E-state index contributed by atoms with van der Waals surface area (Å²) in [5, 5.41) is 11.1. The SMILES string of the molecule is CC1(NS(=O)(=O)Cc2ccccc2[N+](=O)[O-])Cc2ccccc2C1. The smallest absolute Gasteiger partial charge is 0.258 e. The quantitative estimate of drug-likeness (QED) is 0.665. The van der Waals surface area contributed by atoms with Crippen molar-refractivity contribution in [3.05, 3.63) is 75.3 Å². The lowest BCUT2D eigenvalue weighted by atomic mass is 10.0. The van der Waals surface area contributed by atoms with Crippen LogP contribution >= 0.6 is 0 Å². The first-order chi connectivity index (χ1) is 11.3. The first-order valence-electron chi connectivity index (χ1n) is 7.59. The molecule has 0 heterocycles. The molecule has 2 aromatic rings. The van der Waals surface area contributed by atoms with E-state index >= 15 is 0 Å². The Morgan fingerprint density at radius 3 is 2.21 bits per heavy atom. The second-order valence-electron chi connectivity index (χ2n) is 6.43. The number of hydrogen-bond acceptors (Lipinski definition) is 4. The standard InChI is InChI=1S/C17H18N2O4S/c1-17(10-13-6-2-3-7-14(13)11-17)18-24(22,23)12-15-8-4-5-9-16(15)19(20)21/h2-9,18H,10-12H2,1H3. The largest absolute Gasteiger partial charge is 0.273 e. The molecule has 0 aromatic heterocycles. The molecule has 0 bridgehead atoms. The van der Waals surface area contributed by atoms with Crippen LogP contribution in [0.25, 0.3) is 0 Å². The van der Waals surface area contributed by atoms with E-state index in [4.69, 9.17) is 0 Å². The molecule has 0 spiro atoms. The van der Waals surface area contributed by atoms with Gasteiger partial charge in [0.05, 0.1) is 10.7 Å². The highest BCUT2D eigenvalue weighted by molar-refractivity contribution is 7.88. The molecule has 0 saturated heterocycles. The number of nitrogens with one attached hydrogen (secondary N) is 1. The Kier molecular flexibility index (Phi) is 4.15. The lowest BCUT2D eigenvalue weighted by molar-refractivity contribution is -0.385. The van der Waals surface area contributed by atoms with Gasteiger partial charge in [0, 0.05) is 17.2 Å². The summed E-state index contributed by atoms with van der Waals surface area (Å²) < 4.78 is 27.8. The third-order valence-electron chi connectivity index (χ3n) is 4.22. The summed E-state index contributed by atoms with van der Waals surface area (Å²) in [6.45, 7) is 1.87. The monoisotopic (exact) mass is 346 g/mol.